The monoisotopic (exact) mass is 292 g/mol. The van der Waals surface area contributed by atoms with Crippen molar-refractivity contribution in [1.29, 1.82) is 0 Å². The maximum Gasteiger partial charge on any atom is 0.375 e. The van der Waals surface area contributed by atoms with Gasteiger partial charge in [-0.3, -0.25) is 15.2 Å². The number of nitro benzene ring substituents is 1. The largest absolute Gasteiger partial charge is 0.496 e. The summed E-state index contributed by atoms with van der Waals surface area (Å²) in [5, 5.41) is 17.1. The third-order valence-electron chi connectivity index (χ3n) is 2.59. The molecule has 0 unspecified atom stereocenters. The number of nitro groups is 1. The van der Waals surface area contributed by atoms with E-state index in [2.05, 4.69) is 15.2 Å². The molecule has 1 heterocycles. The second-order valence-corrected chi connectivity index (χ2v) is 3.87. The molecule has 0 atom stereocenters. The van der Waals surface area contributed by atoms with E-state index in [1.54, 1.807) is 6.92 Å². The van der Waals surface area contributed by atoms with Gasteiger partial charge in [0.1, 0.15) is 5.75 Å². The van der Waals surface area contributed by atoms with Gasteiger partial charge in [0.2, 0.25) is 5.82 Å². The van der Waals surface area contributed by atoms with Crippen molar-refractivity contribution in [2.45, 2.75) is 6.92 Å². The molecule has 1 aromatic heterocycles. The van der Waals surface area contributed by atoms with Crippen LogP contribution in [0.15, 0.2) is 18.2 Å². The van der Waals surface area contributed by atoms with Crippen molar-refractivity contribution in [2.75, 3.05) is 13.7 Å². The number of ether oxygens (including phenoxy) is 2. The summed E-state index contributed by atoms with van der Waals surface area (Å²) in [4.78, 5) is 25.8. The molecule has 0 aliphatic rings. The molecule has 0 amide bonds. The van der Waals surface area contributed by atoms with Gasteiger partial charge in [0.25, 0.3) is 5.69 Å². The van der Waals surface area contributed by atoms with E-state index in [1.807, 2.05) is 0 Å². The number of non-ortho nitro benzene ring substituents is 1. The molecular formula is C12H12N4O5. The fraction of sp³-hybridized carbons (Fsp3) is 0.250. The Kier molecular flexibility index (Phi) is 4.12. The number of carbonyl (C=O) groups excluding carboxylic acids is 1. The van der Waals surface area contributed by atoms with E-state index < -0.39 is 10.9 Å². The number of aromatic nitrogens is 3. The summed E-state index contributed by atoms with van der Waals surface area (Å²) in [6, 6.07) is 4.02. The standard InChI is InChI=1S/C12H12N4O5/c1-3-21-12(17)11-13-10(14-15-11)8-6-7(16(18)19)4-5-9(8)20-2/h4-6H,3H2,1-2H3,(H,13,14,15). The van der Waals surface area contributed by atoms with Crippen LogP contribution >= 0.6 is 0 Å². The molecule has 0 saturated heterocycles. The number of aromatic amines is 1. The van der Waals surface area contributed by atoms with Crippen LogP contribution in [0.5, 0.6) is 5.75 Å². The van der Waals surface area contributed by atoms with Gasteiger partial charge in [-0.2, -0.15) is 5.10 Å². The highest BCUT2D eigenvalue weighted by atomic mass is 16.6. The van der Waals surface area contributed by atoms with Crippen LogP contribution in [0.3, 0.4) is 0 Å². The molecule has 21 heavy (non-hydrogen) atoms. The minimum absolute atomic E-state index is 0.0830. The molecule has 0 spiro atoms. The Labute approximate surface area is 119 Å². The predicted octanol–water partition coefficient (Wildman–Crippen LogP) is 1.57. The first kappa shape index (κ1) is 14.4. The summed E-state index contributed by atoms with van der Waals surface area (Å²) < 4.78 is 9.90. The topological polar surface area (TPSA) is 120 Å². The van der Waals surface area contributed by atoms with E-state index >= 15 is 0 Å². The molecule has 0 radical (unpaired) electrons. The molecule has 1 N–H and O–H groups in total. The number of H-pyrrole nitrogens is 1. The normalized spacial score (nSPS) is 10.2. The van der Waals surface area contributed by atoms with Gasteiger partial charge in [0.15, 0.2) is 5.82 Å². The lowest BCUT2D eigenvalue weighted by molar-refractivity contribution is -0.384. The molecule has 0 fully saturated rings. The first-order chi connectivity index (χ1) is 10.1. The summed E-state index contributed by atoms with van der Waals surface area (Å²) >= 11 is 0. The number of esters is 1. The van der Waals surface area contributed by atoms with Crippen LogP contribution in [0, 0.1) is 10.1 Å². The first-order valence-electron chi connectivity index (χ1n) is 5.99. The van der Waals surface area contributed by atoms with Gasteiger partial charge in [-0.25, -0.2) is 9.78 Å². The highest BCUT2D eigenvalue weighted by molar-refractivity contribution is 5.85. The second-order valence-electron chi connectivity index (χ2n) is 3.87. The molecule has 0 aliphatic carbocycles. The number of hydrogen-bond donors (Lipinski definition) is 1. The van der Waals surface area contributed by atoms with Crippen molar-refractivity contribution >= 4 is 11.7 Å². The number of methoxy groups -OCH3 is 1. The second kappa shape index (κ2) is 5.99. The summed E-state index contributed by atoms with van der Waals surface area (Å²) in [6.07, 6.45) is 0. The van der Waals surface area contributed by atoms with Gasteiger partial charge in [-0.15, -0.1) is 0 Å². The van der Waals surface area contributed by atoms with Crippen LogP contribution in [0.4, 0.5) is 5.69 Å². The van der Waals surface area contributed by atoms with E-state index in [9.17, 15) is 14.9 Å². The summed E-state index contributed by atoms with van der Waals surface area (Å²) in [5.41, 5.74) is 0.173. The Bertz CT molecular complexity index is 682. The van der Waals surface area contributed by atoms with Gasteiger partial charge in [-0.05, 0) is 13.0 Å². The number of carbonyl (C=O) groups is 1. The Morgan fingerprint density at radius 1 is 1.48 bits per heavy atom. The van der Waals surface area contributed by atoms with Crippen molar-refractivity contribution in [3.8, 4) is 17.1 Å². The van der Waals surface area contributed by atoms with E-state index in [1.165, 1.54) is 25.3 Å². The molecule has 1 aromatic carbocycles. The molecule has 0 saturated carbocycles. The van der Waals surface area contributed by atoms with Crippen molar-refractivity contribution in [3.05, 3.63) is 34.1 Å². The van der Waals surface area contributed by atoms with Crippen molar-refractivity contribution in [3.63, 3.8) is 0 Å². The molecule has 0 aliphatic heterocycles. The van der Waals surface area contributed by atoms with Crippen molar-refractivity contribution in [1.82, 2.24) is 15.2 Å². The highest BCUT2D eigenvalue weighted by Crippen LogP contribution is 2.31. The van der Waals surface area contributed by atoms with Gasteiger partial charge in [-0.1, -0.05) is 0 Å². The van der Waals surface area contributed by atoms with E-state index in [-0.39, 0.29) is 23.9 Å². The molecule has 9 heteroatoms. The molecular weight excluding hydrogens is 280 g/mol. The quantitative estimate of drug-likeness (QED) is 0.504. The number of nitrogens with zero attached hydrogens (tertiary/aromatic N) is 3. The highest BCUT2D eigenvalue weighted by Gasteiger charge is 2.19. The third kappa shape index (κ3) is 2.96. The van der Waals surface area contributed by atoms with E-state index in [0.717, 1.165) is 0 Å². The summed E-state index contributed by atoms with van der Waals surface area (Å²) in [5.74, 6) is -0.269. The van der Waals surface area contributed by atoms with Crippen molar-refractivity contribution < 1.29 is 19.2 Å². The zero-order valence-corrected chi connectivity index (χ0v) is 11.3. The summed E-state index contributed by atoms with van der Waals surface area (Å²) in [6.45, 7) is 1.87. The average Bonchev–Trinajstić information content (AvgIpc) is 2.96. The Hall–Kier alpha value is -2.97. The molecule has 9 nitrogen and oxygen atoms in total. The predicted molar refractivity (Wildman–Crippen MR) is 71.0 cm³/mol. The van der Waals surface area contributed by atoms with Crippen molar-refractivity contribution in [2.24, 2.45) is 0 Å². The third-order valence-corrected chi connectivity index (χ3v) is 2.59. The van der Waals surface area contributed by atoms with E-state index in [0.29, 0.717) is 11.3 Å². The van der Waals surface area contributed by atoms with Crippen LogP contribution in [0.1, 0.15) is 17.5 Å². The SMILES string of the molecule is CCOC(=O)c1nc(-c2cc([N+](=O)[O-])ccc2OC)n[nH]1. The number of rotatable bonds is 5. The number of nitrogens with one attached hydrogen (secondary N) is 1. The molecule has 0 bridgehead atoms. The van der Waals surface area contributed by atoms with Crippen LogP contribution < -0.4 is 4.74 Å². The van der Waals surface area contributed by atoms with E-state index in [4.69, 9.17) is 9.47 Å². The minimum Gasteiger partial charge on any atom is -0.496 e. The molecule has 110 valence electrons. The Morgan fingerprint density at radius 2 is 2.24 bits per heavy atom. The Balaban J connectivity index is 2.43. The van der Waals surface area contributed by atoms with Crippen LogP contribution in [-0.4, -0.2) is 39.8 Å². The Morgan fingerprint density at radius 3 is 2.86 bits per heavy atom. The smallest absolute Gasteiger partial charge is 0.375 e. The van der Waals surface area contributed by atoms with Crippen LogP contribution in [0.25, 0.3) is 11.4 Å². The lowest BCUT2D eigenvalue weighted by Crippen LogP contribution is -2.06. The maximum absolute atomic E-state index is 11.5. The minimum atomic E-state index is -0.652. The zero-order valence-electron chi connectivity index (χ0n) is 11.3. The summed E-state index contributed by atoms with van der Waals surface area (Å²) in [7, 11) is 1.42. The van der Waals surface area contributed by atoms with Gasteiger partial charge < -0.3 is 9.47 Å². The number of hydrogen-bond acceptors (Lipinski definition) is 7. The van der Waals surface area contributed by atoms with Gasteiger partial charge in [0.05, 0.1) is 24.2 Å². The van der Waals surface area contributed by atoms with Gasteiger partial charge >= 0.3 is 5.97 Å². The lowest BCUT2D eigenvalue weighted by Gasteiger charge is -2.04. The fourth-order valence-corrected chi connectivity index (χ4v) is 1.66. The van der Waals surface area contributed by atoms with Crippen LogP contribution in [0.2, 0.25) is 0 Å². The fourth-order valence-electron chi connectivity index (χ4n) is 1.66. The molecule has 2 aromatic rings. The lowest BCUT2D eigenvalue weighted by atomic mass is 10.1. The van der Waals surface area contributed by atoms with Gasteiger partial charge in [0, 0.05) is 12.1 Å². The first-order valence-corrected chi connectivity index (χ1v) is 5.99. The number of benzene rings is 1. The van der Waals surface area contributed by atoms with Crippen LogP contribution in [-0.2, 0) is 4.74 Å². The maximum atomic E-state index is 11.5. The zero-order chi connectivity index (χ0) is 15.4. The molecule has 2 rings (SSSR count). The average molecular weight is 292 g/mol.